The first-order valence-corrected chi connectivity index (χ1v) is 4.39. The SMILES string of the molecule is Cn1cncc1CNCCNC(N)=O. The fraction of sp³-hybridized carbons (Fsp3) is 0.500. The van der Waals surface area contributed by atoms with E-state index in [0.29, 0.717) is 13.1 Å². The summed E-state index contributed by atoms with van der Waals surface area (Å²) in [5.41, 5.74) is 6.00. The van der Waals surface area contributed by atoms with Crippen LogP contribution in [-0.4, -0.2) is 28.7 Å². The van der Waals surface area contributed by atoms with E-state index in [1.54, 1.807) is 12.5 Å². The highest BCUT2D eigenvalue weighted by molar-refractivity contribution is 5.71. The molecule has 2 amide bonds. The lowest BCUT2D eigenvalue weighted by Gasteiger charge is -2.05. The quantitative estimate of drug-likeness (QED) is 0.539. The summed E-state index contributed by atoms with van der Waals surface area (Å²) in [6, 6.07) is -0.493. The Kier molecular flexibility index (Phi) is 3.93. The molecule has 0 radical (unpaired) electrons. The molecule has 6 heteroatoms. The number of nitrogens with one attached hydrogen (secondary N) is 2. The second-order valence-corrected chi connectivity index (χ2v) is 2.96. The summed E-state index contributed by atoms with van der Waals surface area (Å²) in [5, 5.41) is 5.65. The zero-order valence-corrected chi connectivity index (χ0v) is 8.16. The first kappa shape index (κ1) is 10.5. The minimum absolute atomic E-state index is 0.493. The standard InChI is InChI=1S/C8H15N5O/c1-13-6-11-5-7(13)4-10-2-3-12-8(9)14/h5-6,10H,2-4H2,1H3,(H3,9,12,14). The largest absolute Gasteiger partial charge is 0.352 e. The smallest absolute Gasteiger partial charge is 0.312 e. The minimum Gasteiger partial charge on any atom is -0.352 e. The van der Waals surface area contributed by atoms with Gasteiger partial charge in [0, 0.05) is 32.9 Å². The Morgan fingerprint density at radius 2 is 2.43 bits per heavy atom. The van der Waals surface area contributed by atoms with Gasteiger partial charge in [-0.05, 0) is 0 Å². The van der Waals surface area contributed by atoms with Gasteiger partial charge in [-0.1, -0.05) is 0 Å². The Morgan fingerprint density at radius 1 is 1.64 bits per heavy atom. The monoisotopic (exact) mass is 197 g/mol. The number of nitrogens with two attached hydrogens (primary N) is 1. The van der Waals surface area contributed by atoms with Gasteiger partial charge in [0.2, 0.25) is 0 Å². The molecule has 0 aliphatic rings. The fourth-order valence-electron chi connectivity index (χ4n) is 1.05. The zero-order valence-electron chi connectivity index (χ0n) is 8.16. The highest BCUT2D eigenvalue weighted by Crippen LogP contribution is 1.93. The van der Waals surface area contributed by atoms with Crippen LogP contribution in [0.1, 0.15) is 5.69 Å². The maximum atomic E-state index is 10.3. The van der Waals surface area contributed by atoms with Crippen molar-refractivity contribution < 1.29 is 4.79 Å². The number of urea groups is 1. The number of carbonyl (C=O) groups excluding carboxylic acids is 1. The van der Waals surface area contributed by atoms with Crippen LogP contribution in [0.15, 0.2) is 12.5 Å². The summed E-state index contributed by atoms with van der Waals surface area (Å²) in [4.78, 5) is 14.3. The van der Waals surface area contributed by atoms with Crippen molar-refractivity contribution in [2.45, 2.75) is 6.54 Å². The number of rotatable bonds is 5. The van der Waals surface area contributed by atoms with E-state index in [-0.39, 0.29) is 0 Å². The van der Waals surface area contributed by atoms with Crippen molar-refractivity contribution in [3.8, 4) is 0 Å². The number of amides is 2. The predicted octanol–water partition coefficient (Wildman–Crippen LogP) is -0.822. The average molecular weight is 197 g/mol. The van der Waals surface area contributed by atoms with Gasteiger partial charge in [0.1, 0.15) is 0 Å². The summed E-state index contributed by atoms with van der Waals surface area (Å²) in [6.07, 6.45) is 3.55. The van der Waals surface area contributed by atoms with Gasteiger partial charge in [0.25, 0.3) is 0 Å². The van der Waals surface area contributed by atoms with Gasteiger partial charge in [0.15, 0.2) is 0 Å². The molecular weight excluding hydrogens is 182 g/mol. The Balaban J connectivity index is 2.10. The van der Waals surface area contributed by atoms with Crippen LogP contribution in [0.2, 0.25) is 0 Å². The molecule has 0 saturated heterocycles. The molecular formula is C8H15N5O. The molecule has 4 N–H and O–H groups in total. The van der Waals surface area contributed by atoms with Crippen LogP contribution in [0, 0.1) is 0 Å². The molecule has 14 heavy (non-hydrogen) atoms. The maximum absolute atomic E-state index is 10.3. The second-order valence-electron chi connectivity index (χ2n) is 2.96. The van der Waals surface area contributed by atoms with Gasteiger partial charge in [-0.3, -0.25) is 0 Å². The van der Waals surface area contributed by atoms with Gasteiger partial charge in [-0.2, -0.15) is 0 Å². The number of primary amides is 1. The van der Waals surface area contributed by atoms with Gasteiger partial charge in [-0.15, -0.1) is 0 Å². The molecule has 1 aromatic rings. The van der Waals surface area contributed by atoms with Crippen molar-refractivity contribution in [2.24, 2.45) is 12.8 Å². The van der Waals surface area contributed by atoms with Crippen LogP contribution < -0.4 is 16.4 Å². The van der Waals surface area contributed by atoms with E-state index in [1.807, 2.05) is 11.6 Å². The molecule has 0 unspecified atom stereocenters. The summed E-state index contributed by atoms with van der Waals surface area (Å²) < 4.78 is 1.94. The molecule has 0 aliphatic carbocycles. The second kappa shape index (κ2) is 5.23. The van der Waals surface area contributed by atoms with E-state index >= 15 is 0 Å². The molecule has 0 spiro atoms. The normalized spacial score (nSPS) is 10.1. The van der Waals surface area contributed by atoms with E-state index in [0.717, 1.165) is 12.2 Å². The lowest BCUT2D eigenvalue weighted by Crippen LogP contribution is -2.35. The van der Waals surface area contributed by atoms with Crippen LogP contribution in [-0.2, 0) is 13.6 Å². The molecule has 0 atom stereocenters. The Morgan fingerprint density at radius 3 is 3.00 bits per heavy atom. The molecule has 0 aromatic carbocycles. The fourth-order valence-corrected chi connectivity index (χ4v) is 1.05. The highest BCUT2D eigenvalue weighted by Gasteiger charge is 1.96. The predicted molar refractivity (Wildman–Crippen MR) is 52.5 cm³/mol. The number of aromatic nitrogens is 2. The van der Waals surface area contributed by atoms with Crippen LogP contribution in [0.25, 0.3) is 0 Å². The van der Waals surface area contributed by atoms with Gasteiger partial charge in [0.05, 0.1) is 12.0 Å². The van der Waals surface area contributed by atoms with Crippen molar-refractivity contribution in [3.63, 3.8) is 0 Å². The molecule has 6 nitrogen and oxygen atoms in total. The third kappa shape index (κ3) is 3.44. The summed E-state index contributed by atoms with van der Waals surface area (Å²) in [5.74, 6) is 0. The first-order valence-electron chi connectivity index (χ1n) is 4.39. The lowest BCUT2D eigenvalue weighted by molar-refractivity contribution is 0.249. The molecule has 0 fully saturated rings. The molecule has 0 saturated carbocycles. The van der Waals surface area contributed by atoms with Gasteiger partial charge >= 0.3 is 6.03 Å². The number of aryl methyl sites for hydroxylation is 1. The maximum Gasteiger partial charge on any atom is 0.312 e. The van der Waals surface area contributed by atoms with Crippen molar-refractivity contribution in [2.75, 3.05) is 13.1 Å². The van der Waals surface area contributed by atoms with Crippen LogP contribution in [0.5, 0.6) is 0 Å². The van der Waals surface area contributed by atoms with Crippen LogP contribution in [0.3, 0.4) is 0 Å². The summed E-state index contributed by atoms with van der Waals surface area (Å²) >= 11 is 0. The van der Waals surface area contributed by atoms with Gasteiger partial charge in [-0.25, -0.2) is 9.78 Å². The van der Waals surface area contributed by atoms with Crippen molar-refractivity contribution in [1.29, 1.82) is 0 Å². The third-order valence-corrected chi connectivity index (χ3v) is 1.82. The topological polar surface area (TPSA) is 85.0 Å². The summed E-state index contributed by atoms with van der Waals surface area (Å²) in [7, 11) is 1.94. The van der Waals surface area contributed by atoms with E-state index < -0.39 is 6.03 Å². The van der Waals surface area contributed by atoms with Crippen molar-refractivity contribution >= 4 is 6.03 Å². The highest BCUT2D eigenvalue weighted by atomic mass is 16.2. The number of carbonyl (C=O) groups is 1. The number of imidazole rings is 1. The Labute approximate surface area is 82.5 Å². The van der Waals surface area contributed by atoms with Crippen molar-refractivity contribution in [3.05, 3.63) is 18.2 Å². The lowest BCUT2D eigenvalue weighted by atomic mass is 10.4. The molecule has 1 aromatic heterocycles. The molecule has 78 valence electrons. The molecule has 0 aliphatic heterocycles. The Hall–Kier alpha value is -1.56. The minimum atomic E-state index is -0.493. The average Bonchev–Trinajstić information content (AvgIpc) is 2.51. The van der Waals surface area contributed by atoms with E-state index in [1.165, 1.54) is 0 Å². The van der Waals surface area contributed by atoms with Crippen LogP contribution in [0.4, 0.5) is 4.79 Å². The zero-order chi connectivity index (χ0) is 10.4. The summed E-state index contributed by atoms with van der Waals surface area (Å²) in [6.45, 7) is 1.96. The van der Waals surface area contributed by atoms with E-state index in [9.17, 15) is 4.79 Å². The van der Waals surface area contributed by atoms with E-state index in [2.05, 4.69) is 15.6 Å². The number of hydrogen-bond donors (Lipinski definition) is 3. The third-order valence-electron chi connectivity index (χ3n) is 1.82. The molecule has 1 rings (SSSR count). The van der Waals surface area contributed by atoms with Crippen LogP contribution >= 0.6 is 0 Å². The van der Waals surface area contributed by atoms with Gasteiger partial charge < -0.3 is 20.9 Å². The molecule has 1 heterocycles. The first-order chi connectivity index (χ1) is 6.70. The Bertz CT molecular complexity index is 296. The number of nitrogens with zero attached hydrogens (tertiary/aromatic N) is 2. The van der Waals surface area contributed by atoms with E-state index in [4.69, 9.17) is 5.73 Å². The van der Waals surface area contributed by atoms with Crippen molar-refractivity contribution in [1.82, 2.24) is 20.2 Å². The number of hydrogen-bond acceptors (Lipinski definition) is 3. The molecule has 0 bridgehead atoms.